The van der Waals surface area contributed by atoms with E-state index in [1.807, 2.05) is 24.3 Å². The van der Waals surface area contributed by atoms with Gasteiger partial charge in [-0.1, -0.05) is 23.5 Å². The summed E-state index contributed by atoms with van der Waals surface area (Å²) in [5, 5.41) is 0.662. The smallest absolute Gasteiger partial charge is 0.274 e. The van der Waals surface area contributed by atoms with Gasteiger partial charge in [0.25, 0.3) is 5.19 Å². The van der Waals surface area contributed by atoms with Crippen LogP contribution in [0.25, 0.3) is 16.3 Å². The molecule has 1 amide bonds. The third kappa shape index (κ3) is 2.98. The third-order valence-electron chi connectivity index (χ3n) is 3.63. The molecule has 3 heterocycles. The number of amides is 1. The van der Waals surface area contributed by atoms with Crippen molar-refractivity contribution in [2.75, 3.05) is 13.1 Å². The van der Waals surface area contributed by atoms with Crippen molar-refractivity contribution < 1.29 is 13.9 Å². The minimum absolute atomic E-state index is 0.0107. The fraction of sp³-hybridized carbons (Fsp3) is 0.176. The molecule has 2 aromatic heterocycles. The number of carbonyl (C=O) groups is 1. The predicted octanol–water partition coefficient (Wildman–Crippen LogP) is 3.19. The van der Waals surface area contributed by atoms with Crippen LogP contribution in [0.4, 0.5) is 0 Å². The Morgan fingerprint density at radius 2 is 2.17 bits per heavy atom. The Morgan fingerprint density at radius 3 is 2.96 bits per heavy atom. The zero-order valence-electron chi connectivity index (χ0n) is 12.2. The molecule has 0 unspecified atom stereocenters. The Bertz CT molecular complexity index is 815. The maximum absolute atomic E-state index is 12.0. The highest BCUT2D eigenvalue weighted by molar-refractivity contribution is 7.20. The second-order valence-corrected chi connectivity index (χ2v) is 6.27. The number of hydrogen-bond donors (Lipinski definition) is 0. The van der Waals surface area contributed by atoms with Gasteiger partial charge in [-0.25, -0.2) is 4.98 Å². The van der Waals surface area contributed by atoms with Gasteiger partial charge in [-0.2, -0.15) is 0 Å². The van der Waals surface area contributed by atoms with Gasteiger partial charge in [0.05, 0.1) is 29.6 Å². The molecule has 6 heteroatoms. The van der Waals surface area contributed by atoms with Gasteiger partial charge in [0.15, 0.2) is 0 Å². The van der Waals surface area contributed by atoms with Crippen molar-refractivity contribution in [3.05, 3.63) is 54.5 Å². The number of thiazole rings is 1. The van der Waals surface area contributed by atoms with E-state index < -0.39 is 0 Å². The van der Waals surface area contributed by atoms with Crippen LogP contribution < -0.4 is 4.74 Å². The van der Waals surface area contributed by atoms with Crippen LogP contribution in [0.5, 0.6) is 5.19 Å². The highest BCUT2D eigenvalue weighted by Crippen LogP contribution is 2.29. The summed E-state index contributed by atoms with van der Waals surface area (Å²) in [7, 11) is 0. The van der Waals surface area contributed by atoms with Crippen LogP contribution in [0.2, 0.25) is 0 Å². The zero-order chi connectivity index (χ0) is 15.6. The van der Waals surface area contributed by atoms with Crippen molar-refractivity contribution in [3.63, 3.8) is 0 Å². The highest BCUT2D eigenvalue weighted by Gasteiger charge is 2.31. The summed E-state index contributed by atoms with van der Waals surface area (Å²) in [6, 6.07) is 11.5. The number of nitrogens with zero attached hydrogens (tertiary/aromatic N) is 2. The number of para-hydroxylation sites is 1. The van der Waals surface area contributed by atoms with E-state index in [-0.39, 0.29) is 12.0 Å². The van der Waals surface area contributed by atoms with Gasteiger partial charge < -0.3 is 14.1 Å². The van der Waals surface area contributed by atoms with E-state index in [2.05, 4.69) is 4.98 Å². The highest BCUT2D eigenvalue weighted by atomic mass is 32.1. The molecule has 0 radical (unpaired) electrons. The first-order valence-electron chi connectivity index (χ1n) is 7.31. The molecule has 0 bridgehead atoms. The summed E-state index contributed by atoms with van der Waals surface area (Å²) in [4.78, 5) is 18.2. The SMILES string of the molecule is O=C(C=Cc1ccco1)N1CC(Oc2nc3ccccc3s2)C1. The molecule has 1 aliphatic rings. The second-order valence-electron chi connectivity index (χ2n) is 5.28. The van der Waals surface area contributed by atoms with E-state index in [0.29, 0.717) is 24.0 Å². The van der Waals surface area contributed by atoms with Crippen molar-refractivity contribution in [1.29, 1.82) is 0 Å². The Labute approximate surface area is 136 Å². The lowest BCUT2D eigenvalue weighted by molar-refractivity contribution is -0.134. The van der Waals surface area contributed by atoms with E-state index in [1.165, 1.54) is 17.4 Å². The molecule has 1 fully saturated rings. The maximum Gasteiger partial charge on any atom is 0.274 e. The Morgan fingerprint density at radius 1 is 1.30 bits per heavy atom. The van der Waals surface area contributed by atoms with Crippen LogP contribution in [-0.2, 0) is 4.79 Å². The molecule has 1 aromatic carbocycles. The largest absolute Gasteiger partial charge is 0.465 e. The average Bonchev–Trinajstić information content (AvgIpc) is 3.16. The fourth-order valence-corrected chi connectivity index (χ4v) is 3.26. The summed E-state index contributed by atoms with van der Waals surface area (Å²) >= 11 is 1.53. The van der Waals surface area contributed by atoms with Gasteiger partial charge >= 0.3 is 0 Å². The molecule has 0 spiro atoms. The van der Waals surface area contributed by atoms with Crippen LogP contribution in [-0.4, -0.2) is 35.0 Å². The van der Waals surface area contributed by atoms with Crippen molar-refractivity contribution in [2.24, 2.45) is 0 Å². The second kappa shape index (κ2) is 5.89. The molecule has 0 atom stereocenters. The van der Waals surface area contributed by atoms with E-state index in [1.54, 1.807) is 29.4 Å². The zero-order valence-corrected chi connectivity index (χ0v) is 13.0. The van der Waals surface area contributed by atoms with Gasteiger partial charge in [0.2, 0.25) is 5.91 Å². The van der Waals surface area contributed by atoms with E-state index in [9.17, 15) is 4.79 Å². The van der Waals surface area contributed by atoms with Gasteiger partial charge in [0.1, 0.15) is 11.9 Å². The van der Waals surface area contributed by atoms with E-state index >= 15 is 0 Å². The van der Waals surface area contributed by atoms with E-state index in [4.69, 9.17) is 9.15 Å². The number of fused-ring (bicyclic) bond motifs is 1. The third-order valence-corrected chi connectivity index (χ3v) is 4.56. The first-order valence-corrected chi connectivity index (χ1v) is 8.12. The van der Waals surface area contributed by atoms with Crippen molar-refractivity contribution in [3.8, 4) is 5.19 Å². The number of ether oxygens (including phenoxy) is 1. The molecule has 0 aliphatic carbocycles. The van der Waals surface area contributed by atoms with Crippen LogP contribution in [0.1, 0.15) is 5.76 Å². The van der Waals surface area contributed by atoms with Crippen LogP contribution in [0, 0.1) is 0 Å². The summed E-state index contributed by atoms with van der Waals surface area (Å²) in [5.41, 5.74) is 0.945. The Balaban J connectivity index is 1.31. The lowest BCUT2D eigenvalue weighted by Gasteiger charge is -2.37. The monoisotopic (exact) mass is 326 g/mol. The number of hydrogen-bond acceptors (Lipinski definition) is 5. The van der Waals surface area contributed by atoms with Gasteiger partial charge in [-0.3, -0.25) is 4.79 Å². The molecule has 23 heavy (non-hydrogen) atoms. The molecule has 116 valence electrons. The quantitative estimate of drug-likeness (QED) is 0.691. The minimum atomic E-state index is -0.0365. The van der Waals surface area contributed by atoms with Crippen molar-refractivity contribution in [1.82, 2.24) is 9.88 Å². The number of carbonyl (C=O) groups excluding carboxylic acids is 1. The molecule has 4 rings (SSSR count). The summed E-state index contributed by atoms with van der Waals surface area (Å²) in [5.74, 6) is 0.631. The number of benzene rings is 1. The minimum Gasteiger partial charge on any atom is -0.465 e. The van der Waals surface area contributed by atoms with Gasteiger partial charge in [-0.15, -0.1) is 0 Å². The van der Waals surface area contributed by atoms with Crippen LogP contribution in [0.3, 0.4) is 0 Å². The number of likely N-dealkylation sites (tertiary alicyclic amines) is 1. The molecular weight excluding hydrogens is 312 g/mol. The average molecular weight is 326 g/mol. The normalized spacial score (nSPS) is 15.2. The lowest BCUT2D eigenvalue weighted by atomic mass is 10.1. The topological polar surface area (TPSA) is 55.6 Å². The molecular formula is C17H14N2O3S. The maximum atomic E-state index is 12.0. The lowest BCUT2D eigenvalue weighted by Crippen LogP contribution is -2.55. The first-order chi connectivity index (χ1) is 11.3. The number of furan rings is 1. The number of aromatic nitrogens is 1. The van der Waals surface area contributed by atoms with Crippen molar-refractivity contribution >= 4 is 33.5 Å². The van der Waals surface area contributed by atoms with Crippen molar-refractivity contribution in [2.45, 2.75) is 6.10 Å². The molecule has 1 aliphatic heterocycles. The fourth-order valence-electron chi connectivity index (χ4n) is 2.38. The molecule has 5 nitrogen and oxygen atoms in total. The molecule has 3 aromatic rings. The Kier molecular flexibility index (Phi) is 3.59. The molecule has 0 N–H and O–H groups in total. The predicted molar refractivity (Wildman–Crippen MR) is 88.4 cm³/mol. The number of rotatable bonds is 4. The molecule has 1 saturated heterocycles. The van der Waals surface area contributed by atoms with E-state index in [0.717, 1.165) is 10.2 Å². The summed E-state index contributed by atoms with van der Waals surface area (Å²) in [6.45, 7) is 1.16. The summed E-state index contributed by atoms with van der Waals surface area (Å²) < 4.78 is 12.1. The Hall–Kier alpha value is -2.60. The van der Waals surface area contributed by atoms with Gasteiger partial charge in [-0.05, 0) is 30.3 Å². The van der Waals surface area contributed by atoms with Crippen LogP contribution >= 0.6 is 11.3 Å². The molecule has 0 saturated carbocycles. The van der Waals surface area contributed by atoms with Gasteiger partial charge in [0, 0.05) is 6.08 Å². The summed E-state index contributed by atoms with van der Waals surface area (Å²) in [6.07, 6.45) is 4.78. The first kappa shape index (κ1) is 14.0. The van der Waals surface area contributed by atoms with Crippen LogP contribution in [0.15, 0.2) is 53.2 Å². The standard InChI is InChI=1S/C17H14N2O3S/c20-16(8-7-12-4-3-9-21-12)19-10-13(11-19)22-17-18-14-5-1-2-6-15(14)23-17/h1-9,13H,10-11H2.